The lowest BCUT2D eigenvalue weighted by Gasteiger charge is -2.32. The molecule has 1 unspecified atom stereocenters. The third kappa shape index (κ3) is 4.20. The van der Waals surface area contributed by atoms with Crippen molar-refractivity contribution in [2.24, 2.45) is 5.92 Å². The topological polar surface area (TPSA) is 49.0 Å². The van der Waals surface area contributed by atoms with Crippen molar-refractivity contribution in [3.05, 3.63) is 52.3 Å². The Kier molecular flexibility index (Phi) is 5.55. The molecule has 26 heavy (non-hydrogen) atoms. The molecule has 0 radical (unpaired) electrons. The molecule has 1 amide bonds. The molecule has 1 N–H and O–H groups in total. The summed E-state index contributed by atoms with van der Waals surface area (Å²) in [6.45, 7) is 1.13. The van der Waals surface area contributed by atoms with Crippen LogP contribution in [-0.2, 0) is 12.6 Å². The second kappa shape index (κ2) is 7.70. The van der Waals surface area contributed by atoms with Crippen molar-refractivity contribution in [1.29, 1.82) is 0 Å². The minimum absolute atomic E-state index is 0.163. The van der Waals surface area contributed by atoms with Crippen molar-refractivity contribution in [2.45, 2.75) is 31.9 Å². The Bertz CT molecular complexity index is 775. The van der Waals surface area contributed by atoms with Crippen LogP contribution in [0.25, 0.3) is 0 Å². The maximum Gasteiger partial charge on any atom is 0.416 e. The van der Waals surface area contributed by atoms with Crippen molar-refractivity contribution in [1.82, 2.24) is 15.1 Å². The second-order valence-electron chi connectivity index (χ2n) is 6.55. The maximum atomic E-state index is 13.1. The van der Waals surface area contributed by atoms with Gasteiger partial charge in [-0.25, -0.2) is 0 Å². The Hall–Kier alpha value is -2.02. The van der Waals surface area contributed by atoms with Crippen molar-refractivity contribution in [3.8, 4) is 0 Å². The third-order valence-electron chi connectivity index (χ3n) is 4.76. The Balaban J connectivity index is 1.63. The molecule has 8 heteroatoms. The summed E-state index contributed by atoms with van der Waals surface area (Å²) in [7, 11) is 0. The van der Waals surface area contributed by atoms with Gasteiger partial charge in [-0.05, 0) is 43.2 Å². The fraction of sp³-hybridized carbons (Fsp3) is 0.444. The number of aryl methyl sites for hydroxylation is 1. The highest BCUT2D eigenvalue weighted by Crippen LogP contribution is 2.33. The van der Waals surface area contributed by atoms with Gasteiger partial charge in [-0.15, -0.1) is 0 Å². The maximum absolute atomic E-state index is 13.1. The fourth-order valence-electron chi connectivity index (χ4n) is 3.44. The van der Waals surface area contributed by atoms with Crippen LogP contribution in [0.1, 0.15) is 40.9 Å². The summed E-state index contributed by atoms with van der Waals surface area (Å²) in [5.74, 6) is -0.0522. The van der Waals surface area contributed by atoms with Crippen LogP contribution in [-0.4, -0.2) is 34.1 Å². The van der Waals surface area contributed by atoms with E-state index in [0.29, 0.717) is 31.5 Å². The Morgan fingerprint density at radius 2 is 2.12 bits per heavy atom. The van der Waals surface area contributed by atoms with E-state index in [1.165, 1.54) is 18.3 Å². The summed E-state index contributed by atoms with van der Waals surface area (Å²) in [5, 5.41) is 6.63. The molecule has 1 aliphatic rings. The van der Waals surface area contributed by atoms with E-state index in [0.717, 1.165) is 18.9 Å². The number of hydrogen-bond acceptors (Lipinski definition) is 2. The van der Waals surface area contributed by atoms with Gasteiger partial charge in [-0.2, -0.15) is 18.3 Å². The summed E-state index contributed by atoms with van der Waals surface area (Å²) in [6, 6.07) is 5.67. The average molecular weight is 386 g/mol. The van der Waals surface area contributed by atoms with Crippen molar-refractivity contribution in [2.75, 3.05) is 13.1 Å². The van der Waals surface area contributed by atoms with Crippen LogP contribution >= 0.6 is 11.6 Å². The predicted octanol–water partition coefficient (Wildman–Crippen LogP) is 4.57. The van der Waals surface area contributed by atoms with E-state index in [-0.39, 0.29) is 22.5 Å². The van der Waals surface area contributed by atoms with Crippen LogP contribution in [0, 0.1) is 5.92 Å². The zero-order valence-corrected chi connectivity index (χ0v) is 14.8. The Morgan fingerprint density at radius 3 is 2.81 bits per heavy atom. The number of aromatic amines is 1. The lowest BCUT2D eigenvalue weighted by Crippen LogP contribution is -2.40. The standard InChI is InChI=1S/C18H19ClF3N3O/c19-15-10-23-24-16(15)17(26)25-9-3-4-12(11-25)7-8-13-5-1-2-6-14(13)18(20,21)22/h1-2,5-6,10,12H,3-4,7-9,11H2,(H,23,24). The number of nitrogens with one attached hydrogen (secondary N) is 1. The van der Waals surface area contributed by atoms with E-state index in [1.807, 2.05) is 0 Å². The number of carbonyl (C=O) groups excluding carboxylic acids is 1. The number of likely N-dealkylation sites (tertiary alicyclic amines) is 1. The third-order valence-corrected chi connectivity index (χ3v) is 5.04. The quantitative estimate of drug-likeness (QED) is 0.838. The van der Waals surface area contributed by atoms with Gasteiger partial charge < -0.3 is 4.90 Å². The van der Waals surface area contributed by atoms with Crippen LogP contribution < -0.4 is 0 Å². The Morgan fingerprint density at radius 1 is 1.35 bits per heavy atom. The smallest absolute Gasteiger partial charge is 0.337 e. The number of aromatic nitrogens is 2. The normalized spacial score (nSPS) is 18.2. The number of halogens is 4. The summed E-state index contributed by atoms with van der Waals surface area (Å²) in [6.07, 6.45) is -0.300. The molecule has 0 aliphatic carbocycles. The fourth-order valence-corrected chi connectivity index (χ4v) is 3.61. The lowest BCUT2D eigenvalue weighted by molar-refractivity contribution is -0.138. The summed E-state index contributed by atoms with van der Waals surface area (Å²) < 4.78 is 39.3. The molecular formula is C18H19ClF3N3O. The number of alkyl halides is 3. The number of benzene rings is 1. The number of piperidine rings is 1. The number of carbonyl (C=O) groups is 1. The average Bonchev–Trinajstić information content (AvgIpc) is 3.05. The van der Waals surface area contributed by atoms with Gasteiger partial charge in [0.15, 0.2) is 0 Å². The van der Waals surface area contributed by atoms with Gasteiger partial charge in [-0.1, -0.05) is 29.8 Å². The highest BCUT2D eigenvalue weighted by molar-refractivity contribution is 6.33. The molecule has 1 atom stereocenters. The van der Waals surface area contributed by atoms with Crippen LogP contribution in [0.4, 0.5) is 13.2 Å². The van der Waals surface area contributed by atoms with Gasteiger partial charge in [0, 0.05) is 13.1 Å². The zero-order valence-electron chi connectivity index (χ0n) is 14.0. The summed E-state index contributed by atoms with van der Waals surface area (Å²) in [4.78, 5) is 14.2. The molecule has 1 saturated heterocycles. The first-order valence-corrected chi connectivity index (χ1v) is 8.87. The van der Waals surface area contributed by atoms with Crippen molar-refractivity contribution >= 4 is 17.5 Å². The number of amides is 1. The van der Waals surface area contributed by atoms with E-state index >= 15 is 0 Å². The highest BCUT2D eigenvalue weighted by atomic mass is 35.5. The molecule has 1 aromatic heterocycles. The molecule has 2 heterocycles. The molecule has 3 rings (SSSR count). The van der Waals surface area contributed by atoms with Gasteiger partial charge in [0.1, 0.15) is 5.69 Å². The molecule has 2 aromatic rings. The van der Waals surface area contributed by atoms with Crippen LogP contribution in [0.3, 0.4) is 0 Å². The molecule has 1 aromatic carbocycles. The van der Waals surface area contributed by atoms with Gasteiger partial charge in [-0.3, -0.25) is 9.89 Å². The first-order chi connectivity index (χ1) is 12.4. The first kappa shape index (κ1) is 18.8. The van der Waals surface area contributed by atoms with Gasteiger partial charge in [0.2, 0.25) is 0 Å². The van der Waals surface area contributed by atoms with Gasteiger partial charge >= 0.3 is 6.18 Å². The van der Waals surface area contributed by atoms with E-state index in [1.54, 1.807) is 11.0 Å². The molecule has 0 saturated carbocycles. The molecule has 0 bridgehead atoms. The molecule has 140 valence electrons. The van der Waals surface area contributed by atoms with E-state index in [2.05, 4.69) is 10.2 Å². The minimum atomic E-state index is -4.34. The van der Waals surface area contributed by atoms with Crippen molar-refractivity contribution in [3.63, 3.8) is 0 Å². The summed E-state index contributed by atoms with van der Waals surface area (Å²) in [5.41, 5.74) is -0.0113. The van der Waals surface area contributed by atoms with Gasteiger partial charge in [0.25, 0.3) is 5.91 Å². The Labute approximate surface area is 154 Å². The second-order valence-corrected chi connectivity index (χ2v) is 6.95. The summed E-state index contributed by atoms with van der Waals surface area (Å²) >= 11 is 5.94. The monoisotopic (exact) mass is 385 g/mol. The van der Waals surface area contributed by atoms with Crippen LogP contribution in [0.5, 0.6) is 0 Å². The lowest BCUT2D eigenvalue weighted by atomic mass is 9.90. The van der Waals surface area contributed by atoms with Crippen molar-refractivity contribution < 1.29 is 18.0 Å². The SMILES string of the molecule is O=C(c1[nH]ncc1Cl)N1CCCC(CCc2ccccc2C(F)(F)F)C1. The molecular weight excluding hydrogens is 367 g/mol. The molecule has 4 nitrogen and oxygen atoms in total. The molecule has 1 aliphatic heterocycles. The number of hydrogen-bond donors (Lipinski definition) is 1. The number of nitrogens with zero attached hydrogens (tertiary/aromatic N) is 2. The van der Waals surface area contributed by atoms with Gasteiger partial charge in [0.05, 0.1) is 16.8 Å². The molecule has 0 spiro atoms. The number of rotatable bonds is 4. The van der Waals surface area contributed by atoms with E-state index in [9.17, 15) is 18.0 Å². The number of H-pyrrole nitrogens is 1. The largest absolute Gasteiger partial charge is 0.416 e. The minimum Gasteiger partial charge on any atom is -0.337 e. The zero-order chi connectivity index (χ0) is 18.7. The van der Waals surface area contributed by atoms with Crippen LogP contribution in [0.15, 0.2) is 30.5 Å². The van der Waals surface area contributed by atoms with E-state index in [4.69, 9.17) is 11.6 Å². The van der Waals surface area contributed by atoms with Crippen LogP contribution in [0.2, 0.25) is 5.02 Å². The molecule has 1 fully saturated rings. The first-order valence-electron chi connectivity index (χ1n) is 8.49. The predicted molar refractivity (Wildman–Crippen MR) is 92.0 cm³/mol. The highest BCUT2D eigenvalue weighted by Gasteiger charge is 2.33. The van der Waals surface area contributed by atoms with E-state index < -0.39 is 11.7 Å².